The normalized spacial score (nSPS) is 11.4. The third-order valence-corrected chi connectivity index (χ3v) is 5.38. The molecule has 0 unspecified atom stereocenters. The first-order valence-electron chi connectivity index (χ1n) is 9.01. The third kappa shape index (κ3) is 3.32. The van der Waals surface area contributed by atoms with Crippen LogP contribution in [0.4, 0.5) is 0 Å². The van der Waals surface area contributed by atoms with Crippen molar-refractivity contribution in [3.63, 3.8) is 0 Å². The van der Waals surface area contributed by atoms with Gasteiger partial charge < -0.3 is 4.57 Å². The van der Waals surface area contributed by atoms with Crippen molar-refractivity contribution in [2.45, 2.75) is 12.8 Å². The van der Waals surface area contributed by atoms with Gasteiger partial charge in [-0.15, -0.1) is 0 Å². The lowest BCUT2D eigenvalue weighted by molar-refractivity contribution is 0.721. The molecule has 142 valence electrons. The van der Waals surface area contributed by atoms with Gasteiger partial charge in [-0.1, -0.05) is 56.5 Å². The molecule has 0 atom stereocenters. The summed E-state index contributed by atoms with van der Waals surface area (Å²) in [5, 5.41) is 0. The monoisotopic (exact) mass is 392 g/mol. The molecule has 7 heteroatoms. The van der Waals surface area contributed by atoms with E-state index in [1.165, 1.54) is 9.13 Å². The molecule has 0 saturated heterocycles. The molecule has 0 spiro atoms. The van der Waals surface area contributed by atoms with Gasteiger partial charge in [-0.25, -0.2) is 14.3 Å². The highest BCUT2D eigenvalue weighted by atomic mass is 31.1. The first kappa shape index (κ1) is 18.4. The molecule has 0 aliphatic heterocycles. The average molecular weight is 392 g/mol. The Morgan fingerprint density at radius 3 is 2.21 bits per heavy atom. The maximum atomic E-state index is 13.2. The van der Waals surface area contributed by atoms with Gasteiger partial charge in [0.2, 0.25) is 0 Å². The van der Waals surface area contributed by atoms with Gasteiger partial charge in [0.05, 0.1) is 12.0 Å². The molecule has 0 aliphatic rings. The van der Waals surface area contributed by atoms with E-state index in [-0.39, 0.29) is 11.2 Å². The molecule has 4 rings (SSSR count). The fourth-order valence-electron chi connectivity index (χ4n) is 3.30. The quantitative estimate of drug-likeness (QED) is 0.491. The molecule has 28 heavy (non-hydrogen) atoms. The summed E-state index contributed by atoms with van der Waals surface area (Å²) in [6, 6.07) is 19.3. The van der Waals surface area contributed by atoms with Crippen molar-refractivity contribution in [1.82, 2.24) is 18.7 Å². The molecular formula is C21H21N4O2P. The largest absolute Gasteiger partial charge is 0.337 e. The smallest absolute Gasteiger partial charge is 0.320 e. The van der Waals surface area contributed by atoms with E-state index >= 15 is 0 Å². The number of fused-ring (bicyclic) bond motifs is 1. The molecule has 2 aromatic carbocycles. The highest BCUT2D eigenvalue weighted by Crippen LogP contribution is 2.25. The first-order chi connectivity index (χ1) is 13.6. The minimum atomic E-state index is -0.469. The molecule has 0 amide bonds. The van der Waals surface area contributed by atoms with Crippen molar-refractivity contribution in [3.05, 3.63) is 93.4 Å². The molecule has 0 N–H and O–H groups in total. The second kappa shape index (κ2) is 7.56. The summed E-state index contributed by atoms with van der Waals surface area (Å²) in [7, 11) is -0.469. The van der Waals surface area contributed by atoms with Crippen LogP contribution in [0.15, 0.2) is 76.6 Å². The van der Waals surface area contributed by atoms with Gasteiger partial charge in [0.1, 0.15) is 0 Å². The van der Waals surface area contributed by atoms with E-state index in [9.17, 15) is 9.59 Å². The molecule has 0 radical (unpaired) electrons. The van der Waals surface area contributed by atoms with Gasteiger partial charge in [-0.05, 0) is 31.0 Å². The zero-order valence-corrected chi connectivity index (χ0v) is 16.7. The maximum Gasteiger partial charge on any atom is 0.337 e. The SMILES string of the molecule is CP(C)Cn1c(=O)c2c(ncn2Cc2ccccc2)n(-c2ccccc2)c1=O. The van der Waals surface area contributed by atoms with E-state index < -0.39 is 7.92 Å². The lowest BCUT2D eigenvalue weighted by Crippen LogP contribution is -2.39. The minimum absolute atomic E-state index is 0.281. The molecule has 2 aromatic heterocycles. The number of hydrogen-bond acceptors (Lipinski definition) is 3. The summed E-state index contributed by atoms with van der Waals surface area (Å²) < 4.78 is 4.72. The summed E-state index contributed by atoms with van der Waals surface area (Å²) in [4.78, 5) is 30.9. The van der Waals surface area contributed by atoms with Gasteiger partial charge in [-0.3, -0.25) is 9.36 Å². The third-order valence-electron chi connectivity index (χ3n) is 4.53. The summed E-state index contributed by atoms with van der Waals surface area (Å²) in [6.07, 6.45) is 2.06. The van der Waals surface area contributed by atoms with Crippen LogP contribution < -0.4 is 11.2 Å². The molecular weight excluding hydrogens is 371 g/mol. The Balaban J connectivity index is 2.01. The second-order valence-electron chi connectivity index (χ2n) is 6.94. The van der Waals surface area contributed by atoms with Crippen LogP contribution in [0.3, 0.4) is 0 Å². The van der Waals surface area contributed by atoms with E-state index in [2.05, 4.69) is 18.3 Å². The Hall–Kier alpha value is -2.98. The van der Waals surface area contributed by atoms with Crippen LogP contribution in [0.25, 0.3) is 16.9 Å². The van der Waals surface area contributed by atoms with Crippen molar-refractivity contribution in [3.8, 4) is 5.69 Å². The first-order valence-corrected chi connectivity index (χ1v) is 11.4. The van der Waals surface area contributed by atoms with E-state index in [1.54, 1.807) is 6.33 Å². The lowest BCUT2D eigenvalue weighted by Gasteiger charge is -2.14. The molecule has 2 heterocycles. The minimum Gasteiger partial charge on any atom is -0.320 e. The van der Waals surface area contributed by atoms with Crippen molar-refractivity contribution in [1.29, 1.82) is 0 Å². The van der Waals surface area contributed by atoms with Crippen LogP contribution in [0.1, 0.15) is 5.56 Å². The van der Waals surface area contributed by atoms with Crippen LogP contribution in [-0.4, -0.2) is 32.0 Å². The van der Waals surface area contributed by atoms with Gasteiger partial charge in [0.25, 0.3) is 5.56 Å². The molecule has 6 nitrogen and oxygen atoms in total. The van der Waals surface area contributed by atoms with Crippen LogP contribution >= 0.6 is 7.92 Å². The van der Waals surface area contributed by atoms with Crippen molar-refractivity contribution in [2.24, 2.45) is 0 Å². The number of aromatic nitrogens is 4. The summed E-state index contributed by atoms with van der Waals surface area (Å²) >= 11 is 0. The number of hydrogen-bond donors (Lipinski definition) is 0. The molecule has 0 aliphatic carbocycles. The fraction of sp³-hybridized carbons (Fsp3) is 0.190. The van der Waals surface area contributed by atoms with Crippen LogP contribution in [-0.2, 0) is 12.8 Å². The summed E-state index contributed by atoms with van der Waals surface area (Å²) in [5.74, 6) is 0. The van der Waals surface area contributed by atoms with Gasteiger partial charge in [-0.2, -0.15) is 0 Å². The number of rotatable bonds is 5. The zero-order valence-electron chi connectivity index (χ0n) is 15.8. The average Bonchev–Trinajstić information content (AvgIpc) is 3.10. The van der Waals surface area contributed by atoms with E-state index in [0.29, 0.717) is 29.7 Å². The van der Waals surface area contributed by atoms with E-state index in [0.717, 1.165) is 5.56 Å². The summed E-state index contributed by atoms with van der Waals surface area (Å²) in [6.45, 7) is 4.63. The second-order valence-corrected chi connectivity index (χ2v) is 9.38. The molecule has 0 fully saturated rings. The van der Waals surface area contributed by atoms with Crippen molar-refractivity contribution in [2.75, 3.05) is 13.3 Å². The maximum absolute atomic E-state index is 13.2. The Morgan fingerprint density at radius 2 is 1.57 bits per heavy atom. The summed E-state index contributed by atoms with van der Waals surface area (Å²) in [5.41, 5.74) is 1.99. The lowest BCUT2D eigenvalue weighted by atomic mass is 10.2. The van der Waals surface area contributed by atoms with Crippen LogP contribution in [0.5, 0.6) is 0 Å². The molecule has 0 saturated carbocycles. The van der Waals surface area contributed by atoms with Gasteiger partial charge in [0.15, 0.2) is 11.2 Å². The highest BCUT2D eigenvalue weighted by molar-refractivity contribution is 7.54. The van der Waals surface area contributed by atoms with E-state index in [1.807, 2.05) is 65.2 Å². The van der Waals surface area contributed by atoms with Gasteiger partial charge >= 0.3 is 5.69 Å². The zero-order chi connectivity index (χ0) is 19.7. The molecule has 4 aromatic rings. The Labute approximate surface area is 163 Å². The Morgan fingerprint density at radius 1 is 0.929 bits per heavy atom. The van der Waals surface area contributed by atoms with Crippen LogP contribution in [0.2, 0.25) is 0 Å². The number of nitrogens with zero attached hydrogens (tertiary/aromatic N) is 4. The van der Waals surface area contributed by atoms with E-state index in [4.69, 9.17) is 0 Å². The Kier molecular flexibility index (Phi) is 4.97. The fourth-order valence-corrected chi connectivity index (χ4v) is 4.11. The Bertz CT molecular complexity index is 1220. The predicted octanol–water partition coefficient (Wildman–Crippen LogP) is 3.10. The van der Waals surface area contributed by atoms with Crippen molar-refractivity contribution < 1.29 is 0 Å². The highest BCUT2D eigenvalue weighted by Gasteiger charge is 2.19. The van der Waals surface area contributed by atoms with Crippen molar-refractivity contribution >= 4 is 19.1 Å². The predicted molar refractivity (Wildman–Crippen MR) is 114 cm³/mol. The van der Waals surface area contributed by atoms with Gasteiger partial charge in [0, 0.05) is 12.8 Å². The van der Waals surface area contributed by atoms with Crippen LogP contribution in [0, 0.1) is 0 Å². The topological polar surface area (TPSA) is 61.8 Å². The number of benzene rings is 2. The number of imidazole rings is 1. The molecule has 0 bridgehead atoms. The standard InChI is InChI=1S/C21H21N4O2P/c1-28(2)15-24-20(26)18-19(25(21(24)27)17-11-7-4-8-12-17)22-14-23(18)13-16-9-5-3-6-10-16/h3-12,14H,13,15H2,1-2H3. The number of para-hydroxylation sites is 1.